The van der Waals surface area contributed by atoms with Crippen LogP contribution in [0.1, 0.15) is 10.4 Å². The van der Waals surface area contributed by atoms with Crippen molar-refractivity contribution in [3.63, 3.8) is 0 Å². The normalized spacial score (nSPS) is 15.6. The third kappa shape index (κ3) is 3.49. The van der Waals surface area contributed by atoms with Gasteiger partial charge < -0.3 is 9.64 Å². The van der Waals surface area contributed by atoms with Crippen molar-refractivity contribution < 1.29 is 17.9 Å². The monoisotopic (exact) mass is 310 g/mol. The largest absolute Gasteiger partial charge is 0.378 e. The Kier molecular flexibility index (Phi) is 4.76. The number of amides is 1. The van der Waals surface area contributed by atoms with Gasteiger partial charge in [-0.1, -0.05) is 12.1 Å². The maximum absolute atomic E-state index is 12.2. The molecule has 7 heteroatoms. The van der Waals surface area contributed by atoms with Crippen LogP contribution < -0.4 is 4.72 Å². The Bertz CT molecular complexity index is 636. The highest BCUT2D eigenvalue weighted by molar-refractivity contribution is 7.89. The SMILES string of the molecule is C=CCNS(=O)(=O)c1cccc(C(=O)N2CC(OC)C2)c1. The molecular weight excluding hydrogens is 292 g/mol. The molecule has 0 radical (unpaired) electrons. The third-order valence-corrected chi connectivity index (χ3v) is 4.70. The van der Waals surface area contributed by atoms with Gasteiger partial charge in [0.15, 0.2) is 0 Å². The van der Waals surface area contributed by atoms with Crippen molar-refractivity contribution in [3.05, 3.63) is 42.5 Å². The van der Waals surface area contributed by atoms with Crippen LogP contribution in [0.25, 0.3) is 0 Å². The van der Waals surface area contributed by atoms with Crippen molar-refractivity contribution in [1.82, 2.24) is 9.62 Å². The minimum atomic E-state index is -3.62. The summed E-state index contributed by atoms with van der Waals surface area (Å²) in [5.74, 6) is -0.191. The predicted octanol–water partition coefficient (Wildman–Crippen LogP) is 0.622. The Morgan fingerprint density at radius 3 is 2.86 bits per heavy atom. The minimum Gasteiger partial charge on any atom is -0.378 e. The molecule has 1 amide bonds. The van der Waals surface area contributed by atoms with Gasteiger partial charge in [0.1, 0.15) is 0 Å². The molecule has 0 spiro atoms. The van der Waals surface area contributed by atoms with Crippen molar-refractivity contribution >= 4 is 15.9 Å². The number of methoxy groups -OCH3 is 1. The summed E-state index contributed by atoms with van der Waals surface area (Å²) in [4.78, 5) is 13.9. The lowest BCUT2D eigenvalue weighted by Crippen LogP contribution is -2.54. The van der Waals surface area contributed by atoms with Crippen LogP contribution in [0, 0.1) is 0 Å². The second-order valence-electron chi connectivity index (χ2n) is 4.74. The zero-order valence-corrected chi connectivity index (χ0v) is 12.6. The predicted molar refractivity (Wildman–Crippen MR) is 78.5 cm³/mol. The number of rotatable bonds is 6. The second-order valence-corrected chi connectivity index (χ2v) is 6.50. The molecule has 6 nitrogen and oxygen atoms in total. The number of ether oxygens (including phenoxy) is 1. The van der Waals surface area contributed by atoms with E-state index in [0.717, 1.165) is 0 Å². The first-order valence-corrected chi connectivity index (χ1v) is 7.99. The van der Waals surface area contributed by atoms with Crippen molar-refractivity contribution in [2.24, 2.45) is 0 Å². The van der Waals surface area contributed by atoms with E-state index in [4.69, 9.17) is 4.74 Å². The first-order valence-electron chi connectivity index (χ1n) is 6.50. The summed E-state index contributed by atoms with van der Waals surface area (Å²) < 4.78 is 31.5. The van der Waals surface area contributed by atoms with Crippen LogP contribution in [-0.4, -0.2) is 52.1 Å². The number of sulfonamides is 1. The Morgan fingerprint density at radius 1 is 1.52 bits per heavy atom. The van der Waals surface area contributed by atoms with Gasteiger partial charge in [-0.05, 0) is 18.2 Å². The lowest BCUT2D eigenvalue weighted by Gasteiger charge is -2.38. The van der Waals surface area contributed by atoms with Crippen molar-refractivity contribution in [2.45, 2.75) is 11.0 Å². The number of hydrogen-bond acceptors (Lipinski definition) is 4. The molecule has 1 heterocycles. The highest BCUT2D eigenvalue weighted by Crippen LogP contribution is 2.18. The average molecular weight is 310 g/mol. The van der Waals surface area contributed by atoms with Gasteiger partial charge in [0.2, 0.25) is 10.0 Å². The van der Waals surface area contributed by atoms with Crippen LogP contribution in [-0.2, 0) is 14.8 Å². The Balaban J connectivity index is 2.14. The molecule has 0 aliphatic carbocycles. The van der Waals surface area contributed by atoms with Crippen LogP contribution in [0.5, 0.6) is 0 Å². The number of likely N-dealkylation sites (tertiary alicyclic amines) is 1. The molecule has 0 bridgehead atoms. The van der Waals surface area contributed by atoms with E-state index in [1.165, 1.54) is 18.2 Å². The molecule has 1 N–H and O–H groups in total. The molecule has 114 valence electrons. The van der Waals surface area contributed by atoms with E-state index in [9.17, 15) is 13.2 Å². The zero-order valence-electron chi connectivity index (χ0n) is 11.8. The van der Waals surface area contributed by atoms with Crippen LogP contribution in [0.15, 0.2) is 41.8 Å². The number of nitrogens with zero attached hydrogens (tertiary/aromatic N) is 1. The number of hydrogen-bond donors (Lipinski definition) is 1. The molecule has 1 aliphatic heterocycles. The summed E-state index contributed by atoms with van der Waals surface area (Å²) in [5.41, 5.74) is 0.353. The van der Waals surface area contributed by atoms with E-state index in [0.29, 0.717) is 18.7 Å². The highest BCUT2D eigenvalue weighted by atomic mass is 32.2. The summed E-state index contributed by atoms with van der Waals surface area (Å²) in [6, 6.07) is 6.00. The van der Waals surface area contributed by atoms with Gasteiger partial charge in [-0.3, -0.25) is 4.79 Å². The quantitative estimate of drug-likeness (QED) is 0.782. The van der Waals surface area contributed by atoms with Crippen molar-refractivity contribution in [1.29, 1.82) is 0 Å². The Morgan fingerprint density at radius 2 is 2.24 bits per heavy atom. The van der Waals surface area contributed by atoms with Gasteiger partial charge >= 0.3 is 0 Å². The van der Waals surface area contributed by atoms with E-state index < -0.39 is 10.0 Å². The standard InChI is InChI=1S/C14H18N2O4S/c1-3-7-15-21(18,19)13-6-4-5-11(8-13)14(17)16-9-12(10-16)20-2/h3-6,8,12,15H,1,7,9-10H2,2H3. The topological polar surface area (TPSA) is 75.7 Å². The average Bonchev–Trinajstić information content (AvgIpc) is 2.44. The second kappa shape index (κ2) is 6.38. The molecule has 0 aromatic heterocycles. The summed E-state index contributed by atoms with van der Waals surface area (Å²) in [6.07, 6.45) is 1.52. The van der Waals surface area contributed by atoms with Gasteiger partial charge in [0.25, 0.3) is 5.91 Å². The summed E-state index contributed by atoms with van der Waals surface area (Å²) in [5, 5.41) is 0. The van der Waals surface area contributed by atoms with Crippen LogP contribution >= 0.6 is 0 Å². The van der Waals surface area contributed by atoms with Crippen LogP contribution in [0.2, 0.25) is 0 Å². The van der Waals surface area contributed by atoms with Crippen LogP contribution in [0.4, 0.5) is 0 Å². The van der Waals surface area contributed by atoms with E-state index in [-0.39, 0.29) is 23.5 Å². The maximum Gasteiger partial charge on any atom is 0.254 e. The molecule has 0 saturated carbocycles. The van der Waals surface area contributed by atoms with E-state index >= 15 is 0 Å². The van der Waals surface area contributed by atoms with Crippen LogP contribution in [0.3, 0.4) is 0 Å². The molecule has 1 aromatic carbocycles. The number of nitrogens with one attached hydrogen (secondary N) is 1. The fourth-order valence-electron chi connectivity index (χ4n) is 1.98. The first kappa shape index (κ1) is 15.7. The maximum atomic E-state index is 12.2. The van der Waals surface area contributed by atoms with E-state index in [1.807, 2.05) is 0 Å². The first-order chi connectivity index (χ1) is 9.97. The highest BCUT2D eigenvalue weighted by Gasteiger charge is 2.31. The van der Waals surface area contributed by atoms with Gasteiger partial charge in [-0.25, -0.2) is 13.1 Å². The fourth-order valence-corrected chi connectivity index (χ4v) is 3.03. The smallest absolute Gasteiger partial charge is 0.254 e. The minimum absolute atomic E-state index is 0.0649. The number of carbonyl (C=O) groups excluding carboxylic acids is 1. The molecule has 2 rings (SSSR count). The molecule has 0 atom stereocenters. The zero-order chi connectivity index (χ0) is 15.5. The van der Waals surface area contributed by atoms with Gasteiger partial charge in [-0.15, -0.1) is 6.58 Å². The molecule has 21 heavy (non-hydrogen) atoms. The molecule has 1 fully saturated rings. The molecule has 1 aliphatic rings. The van der Waals surface area contributed by atoms with Gasteiger partial charge in [-0.2, -0.15) is 0 Å². The lowest BCUT2D eigenvalue weighted by molar-refractivity contribution is -0.0192. The summed E-state index contributed by atoms with van der Waals surface area (Å²) in [6.45, 7) is 4.66. The van der Waals surface area contributed by atoms with Crippen molar-refractivity contribution in [2.75, 3.05) is 26.7 Å². The fraction of sp³-hybridized carbons (Fsp3) is 0.357. The van der Waals surface area contributed by atoms with E-state index in [2.05, 4.69) is 11.3 Å². The van der Waals surface area contributed by atoms with Gasteiger partial charge in [0.05, 0.1) is 11.0 Å². The molecule has 1 saturated heterocycles. The Labute approximate surface area is 124 Å². The molecule has 0 unspecified atom stereocenters. The summed E-state index contributed by atoms with van der Waals surface area (Å²) >= 11 is 0. The molecular formula is C14H18N2O4S. The third-order valence-electron chi connectivity index (χ3n) is 3.28. The molecule has 1 aromatic rings. The van der Waals surface area contributed by atoms with Crippen molar-refractivity contribution in [3.8, 4) is 0 Å². The van der Waals surface area contributed by atoms with Gasteiger partial charge in [0, 0.05) is 32.3 Å². The number of carbonyl (C=O) groups is 1. The Hall–Kier alpha value is -1.70. The lowest BCUT2D eigenvalue weighted by atomic mass is 10.1. The summed E-state index contributed by atoms with van der Waals surface area (Å²) in [7, 11) is -2.02. The number of benzene rings is 1. The van der Waals surface area contributed by atoms with E-state index in [1.54, 1.807) is 24.1 Å².